The van der Waals surface area contributed by atoms with Crippen molar-refractivity contribution in [2.24, 2.45) is 0 Å². The third-order valence-electron chi connectivity index (χ3n) is 3.30. The van der Waals surface area contributed by atoms with Crippen LogP contribution in [0.25, 0.3) is 0 Å². The summed E-state index contributed by atoms with van der Waals surface area (Å²) in [6, 6.07) is 5.92. The van der Waals surface area contributed by atoms with Crippen molar-refractivity contribution in [1.82, 2.24) is 9.97 Å². The van der Waals surface area contributed by atoms with Gasteiger partial charge in [-0.15, -0.1) is 0 Å². The Hall–Kier alpha value is -1.88. The van der Waals surface area contributed by atoms with E-state index in [0.29, 0.717) is 13.2 Å². The van der Waals surface area contributed by atoms with Crippen molar-refractivity contribution in [3.63, 3.8) is 0 Å². The van der Waals surface area contributed by atoms with Gasteiger partial charge in [-0.25, -0.2) is 9.97 Å². The summed E-state index contributed by atoms with van der Waals surface area (Å²) in [6.45, 7) is 4.15. The number of hydrogen-bond donors (Lipinski definition) is 0. The van der Waals surface area contributed by atoms with Crippen LogP contribution in [0, 0.1) is 0 Å². The monoisotopic (exact) mass is 259 g/mol. The molecule has 1 aliphatic heterocycles. The number of anilines is 1. The Morgan fingerprint density at radius 2 is 2.16 bits per heavy atom. The Morgan fingerprint density at radius 3 is 2.89 bits per heavy atom. The summed E-state index contributed by atoms with van der Waals surface area (Å²) in [7, 11) is 0. The Balaban J connectivity index is 1.89. The summed E-state index contributed by atoms with van der Waals surface area (Å²) >= 11 is 0. The van der Waals surface area contributed by atoms with Crippen LogP contribution in [-0.2, 0) is 11.2 Å². The lowest BCUT2D eigenvalue weighted by Crippen LogP contribution is -2.40. The predicted octanol–water partition coefficient (Wildman–Crippen LogP) is 2.21. The van der Waals surface area contributed by atoms with Crippen molar-refractivity contribution in [3.8, 4) is 0 Å². The van der Waals surface area contributed by atoms with Gasteiger partial charge in [0.2, 0.25) is 5.95 Å². The van der Waals surface area contributed by atoms with Crippen LogP contribution in [0.3, 0.4) is 0 Å². The lowest BCUT2D eigenvalue weighted by molar-refractivity contribution is 0.0864. The lowest BCUT2D eigenvalue weighted by Gasteiger charge is -2.34. The van der Waals surface area contributed by atoms with Gasteiger partial charge in [0.1, 0.15) is 17.6 Å². The quantitative estimate of drug-likeness (QED) is 0.846. The lowest BCUT2D eigenvalue weighted by atomic mass is 10.2. The first-order valence-electron chi connectivity index (χ1n) is 6.58. The van der Waals surface area contributed by atoms with Crippen LogP contribution < -0.4 is 4.90 Å². The molecule has 0 spiro atoms. The fourth-order valence-electron chi connectivity index (χ4n) is 2.28. The van der Waals surface area contributed by atoms with Gasteiger partial charge in [0, 0.05) is 25.4 Å². The zero-order valence-corrected chi connectivity index (χ0v) is 11.0. The molecule has 0 amide bonds. The maximum absolute atomic E-state index is 5.85. The molecule has 0 N–H and O–H groups in total. The van der Waals surface area contributed by atoms with Crippen LogP contribution in [0.15, 0.2) is 35.0 Å². The Morgan fingerprint density at radius 1 is 1.32 bits per heavy atom. The molecular weight excluding hydrogens is 242 g/mol. The molecule has 5 heteroatoms. The second-order valence-corrected chi connectivity index (χ2v) is 4.49. The van der Waals surface area contributed by atoms with Crippen molar-refractivity contribution >= 4 is 5.95 Å². The van der Waals surface area contributed by atoms with Gasteiger partial charge in [-0.1, -0.05) is 6.92 Å². The molecule has 0 radical (unpaired) electrons. The van der Waals surface area contributed by atoms with E-state index in [0.717, 1.165) is 30.4 Å². The van der Waals surface area contributed by atoms with Crippen molar-refractivity contribution in [1.29, 1.82) is 0 Å². The van der Waals surface area contributed by atoms with Gasteiger partial charge >= 0.3 is 0 Å². The summed E-state index contributed by atoms with van der Waals surface area (Å²) in [4.78, 5) is 10.8. The Kier molecular flexibility index (Phi) is 3.46. The Labute approximate surface area is 112 Å². The summed E-state index contributed by atoms with van der Waals surface area (Å²) < 4.78 is 11.4. The molecule has 1 fully saturated rings. The number of furan rings is 1. The van der Waals surface area contributed by atoms with Gasteiger partial charge in [-0.3, -0.25) is 0 Å². The molecule has 1 aliphatic rings. The van der Waals surface area contributed by atoms with E-state index >= 15 is 0 Å². The molecule has 100 valence electrons. The van der Waals surface area contributed by atoms with E-state index in [1.54, 1.807) is 12.4 Å². The molecule has 0 saturated carbocycles. The molecule has 3 heterocycles. The third kappa shape index (κ3) is 2.46. The fraction of sp³-hybridized carbons (Fsp3) is 0.429. The standard InChI is InChI=1S/C14H17N3O2/c1-2-11-4-5-13(19-11)12-10-18-9-8-17(12)14-15-6-3-7-16-14/h3-7,12H,2,8-10H2,1H3/t12-/m0/s1. The number of morpholine rings is 1. The molecule has 0 unspecified atom stereocenters. The van der Waals surface area contributed by atoms with Crippen molar-refractivity contribution in [3.05, 3.63) is 42.1 Å². The largest absolute Gasteiger partial charge is 0.464 e. The first-order chi connectivity index (χ1) is 9.38. The molecule has 0 bridgehead atoms. The van der Waals surface area contributed by atoms with Crippen molar-refractivity contribution in [2.75, 3.05) is 24.7 Å². The summed E-state index contributed by atoms with van der Waals surface area (Å²) in [5.41, 5.74) is 0. The average molecular weight is 259 g/mol. The summed E-state index contributed by atoms with van der Waals surface area (Å²) in [5, 5.41) is 0. The number of ether oxygens (including phenoxy) is 1. The van der Waals surface area contributed by atoms with E-state index < -0.39 is 0 Å². The van der Waals surface area contributed by atoms with E-state index in [1.807, 2.05) is 18.2 Å². The molecular formula is C14H17N3O2. The van der Waals surface area contributed by atoms with Crippen LogP contribution in [0.5, 0.6) is 0 Å². The van der Waals surface area contributed by atoms with Gasteiger partial charge in [0.05, 0.1) is 13.2 Å². The zero-order chi connectivity index (χ0) is 13.1. The number of aryl methyl sites for hydroxylation is 1. The molecule has 19 heavy (non-hydrogen) atoms. The van der Waals surface area contributed by atoms with Crippen LogP contribution in [0.2, 0.25) is 0 Å². The second kappa shape index (κ2) is 5.40. The van der Waals surface area contributed by atoms with Crippen LogP contribution in [0.4, 0.5) is 5.95 Å². The van der Waals surface area contributed by atoms with Gasteiger partial charge in [0.15, 0.2) is 0 Å². The molecule has 0 aliphatic carbocycles. The number of hydrogen-bond acceptors (Lipinski definition) is 5. The Bertz CT molecular complexity index is 526. The van der Waals surface area contributed by atoms with Crippen LogP contribution in [0.1, 0.15) is 24.5 Å². The molecule has 2 aromatic rings. The van der Waals surface area contributed by atoms with E-state index in [2.05, 4.69) is 21.8 Å². The first kappa shape index (κ1) is 12.2. The fourth-order valence-corrected chi connectivity index (χ4v) is 2.28. The van der Waals surface area contributed by atoms with E-state index in [4.69, 9.17) is 9.15 Å². The smallest absolute Gasteiger partial charge is 0.226 e. The topological polar surface area (TPSA) is 51.4 Å². The summed E-state index contributed by atoms with van der Waals surface area (Å²) in [5.74, 6) is 2.64. The second-order valence-electron chi connectivity index (χ2n) is 4.49. The highest BCUT2D eigenvalue weighted by atomic mass is 16.5. The van der Waals surface area contributed by atoms with Gasteiger partial charge in [-0.05, 0) is 18.2 Å². The van der Waals surface area contributed by atoms with E-state index in [9.17, 15) is 0 Å². The molecule has 1 saturated heterocycles. The SMILES string of the molecule is CCc1ccc([C@@H]2COCCN2c2ncccn2)o1. The molecule has 2 aromatic heterocycles. The highest BCUT2D eigenvalue weighted by Gasteiger charge is 2.28. The highest BCUT2D eigenvalue weighted by Crippen LogP contribution is 2.28. The van der Waals surface area contributed by atoms with E-state index in [1.165, 1.54) is 0 Å². The predicted molar refractivity (Wildman–Crippen MR) is 71.0 cm³/mol. The van der Waals surface area contributed by atoms with E-state index in [-0.39, 0.29) is 6.04 Å². The number of rotatable bonds is 3. The molecule has 1 atom stereocenters. The minimum Gasteiger partial charge on any atom is -0.464 e. The first-order valence-corrected chi connectivity index (χ1v) is 6.58. The van der Waals surface area contributed by atoms with Gasteiger partial charge < -0.3 is 14.1 Å². The molecule has 3 rings (SSSR count). The van der Waals surface area contributed by atoms with Gasteiger partial charge in [0.25, 0.3) is 0 Å². The average Bonchev–Trinajstić information content (AvgIpc) is 2.97. The van der Waals surface area contributed by atoms with Crippen molar-refractivity contribution < 1.29 is 9.15 Å². The minimum absolute atomic E-state index is 0.0523. The zero-order valence-electron chi connectivity index (χ0n) is 11.0. The molecule has 0 aromatic carbocycles. The van der Waals surface area contributed by atoms with Crippen molar-refractivity contribution in [2.45, 2.75) is 19.4 Å². The number of aromatic nitrogens is 2. The van der Waals surface area contributed by atoms with Crippen LogP contribution in [-0.4, -0.2) is 29.7 Å². The maximum atomic E-state index is 5.85. The normalized spacial score (nSPS) is 19.6. The molecule has 5 nitrogen and oxygen atoms in total. The number of nitrogens with zero attached hydrogens (tertiary/aromatic N) is 3. The van der Waals surface area contributed by atoms with Crippen LogP contribution >= 0.6 is 0 Å². The highest BCUT2D eigenvalue weighted by molar-refractivity contribution is 5.34. The minimum atomic E-state index is 0.0523. The third-order valence-corrected chi connectivity index (χ3v) is 3.30. The summed E-state index contributed by atoms with van der Waals surface area (Å²) in [6.07, 6.45) is 4.42. The maximum Gasteiger partial charge on any atom is 0.226 e. The van der Waals surface area contributed by atoms with Gasteiger partial charge in [-0.2, -0.15) is 0 Å².